The predicted octanol–water partition coefficient (Wildman–Crippen LogP) is 3.65. The van der Waals surface area contributed by atoms with Crippen LogP contribution >= 0.6 is 0 Å². The number of carbonyl (C=O) groups excluding carboxylic acids is 1. The van der Waals surface area contributed by atoms with Crippen molar-refractivity contribution < 1.29 is 9.53 Å². The smallest absolute Gasteiger partial charge is 0.262 e. The molecule has 0 saturated heterocycles. The molecule has 28 heavy (non-hydrogen) atoms. The maximum atomic E-state index is 13.0. The number of rotatable bonds is 4. The Morgan fingerprint density at radius 2 is 1.75 bits per heavy atom. The third-order valence-electron chi connectivity index (χ3n) is 4.44. The number of nitrogens with zero attached hydrogens (tertiary/aromatic N) is 2. The van der Waals surface area contributed by atoms with Crippen LogP contribution in [0.2, 0.25) is 0 Å². The molecule has 4 aromatic rings. The van der Waals surface area contributed by atoms with Gasteiger partial charge >= 0.3 is 0 Å². The number of benzene rings is 2. The van der Waals surface area contributed by atoms with Crippen LogP contribution in [0.4, 0.5) is 5.69 Å². The molecule has 0 saturated carbocycles. The minimum atomic E-state index is -0.313. The van der Waals surface area contributed by atoms with Crippen molar-refractivity contribution in [3.05, 3.63) is 95.2 Å². The van der Waals surface area contributed by atoms with E-state index in [1.54, 1.807) is 86.4 Å². The third kappa shape index (κ3) is 3.23. The molecule has 0 bridgehead atoms. The van der Waals surface area contributed by atoms with Gasteiger partial charge < -0.3 is 10.1 Å². The number of pyridine rings is 2. The number of hydrogen-bond acceptors (Lipinski definition) is 4. The maximum absolute atomic E-state index is 13.0. The first-order valence-electron chi connectivity index (χ1n) is 8.67. The molecule has 1 N–H and O–H groups in total. The summed E-state index contributed by atoms with van der Waals surface area (Å²) in [5.74, 6) is 0.374. The Morgan fingerprint density at radius 3 is 2.43 bits per heavy atom. The summed E-state index contributed by atoms with van der Waals surface area (Å²) in [4.78, 5) is 30.0. The number of ether oxygens (including phenoxy) is 1. The van der Waals surface area contributed by atoms with Crippen molar-refractivity contribution in [3.8, 4) is 11.4 Å². The Hall–Kier alpha value is -3.93. The Balaban J connectivity index is 1.86. The van der Waals surface area contributed by atoms with Gasteiger partial charge in [0.05, 0.1) is 24.6 Å². The summed E-state index contributed by atoms with van der Waals surface area (Å²) in [6.45, 7) is 0. The summed E-state index contributed by atoms with van der Waals surface area (Å²) >= 11 is 0. The summed E-state index contributed by atoms with van der Waals surface area (Å²) in [6.07, 6.45) is 4.77. The van der Waals surface area contributed by atoms with Crippen LogP contribution in [-0.4, -0.2) is 22.6 Å². The van der Waals surface area contributed by atoms with Gasteiger partial charge in [0, 0.05) is 28.9 Å². The quantitative estimate of drug-likeness (QED) is 0.594. The zero-order chi connectivity index (χ0) is 19.5. The van der Waals surface area contributed by atoms with E-state index in [2.05, 4.69) is 10.3 Å². The van der Waals surface area contributed by atoms with Gasteiger partial charge in [-0.25, -0.2) is 0 Å². The summed E-state index contributed by atoms with van der Waals surface area (Å²) in [5.41, 5.74) is 1.43. The summed E-state index contributed by atoms with van der Waals surface area (Å²) < 4.78 is 6.65. The first kappa shape index (κ1) is 17.5. The van der Waals surface area contributed by atoms with E-state index in [-0.39, 0.29) is 11.5 Å². The second-order valence-corrected chi connectivity index (χ2v) is 6.16. The van der Waals surface area contributed by atoms with Crippen LogP contribution < -0.4 is 15.6 Å². The van der Waals surface area contributed by atoms with Gasteiger partial charge in [-0.15, -0.1) is 0 Å². The van der Waals surface area contributed by atoms with Crippen LogP contribution in [0, 0.1) is 0 Å². The van der Waals surface area contributed by atoms with E-state index in [0.717, 1.165) is 0 Å². The number of methoxy groups -OCH3 is 1. The first-order valence-corrected chi connectivity index (χ1v) is 8.67. The number of hydrogen-bond donors (Lipinski definition) is 1. The molecular weight excluding hydrogens is 354 g/mol. The lowest BCUT2D eigenvalue weighted by Gasteiger charge is -2.13. The number of carbonyl (C=O) groups is 1. The number of fused-ring (bicyclic) bond motifs is 1. The molecule has 0 fully saturated rings. The monoisotopic (exact) mass is 371 g/mol. The molecule has 4 rings (SSSR count). The molecule has 138 valence electrons. The molecule has 1 amide bonds. The topological polar surface area (TPSA) is 73.2 Å². The second-order valence-electron chi connectivity index (χ2n) is 6.16. The van der Waals surface area contributed by atoms with Crippen molar-refractivity contribution in [2.24, 2.45) is 0 Å². The van der Waals surface area contributed by atoms with Crippen molar-refractivity contribution in [2.75, 3.05) is 12.4 Å². The molecular formula is C22H17N3O3. The molecule has 2 aromatic carbocycles. The summed E-state index contributed by atoms with van der Waals surface area (Å²) in [7, 11) is 1.58. The van der Waals surface area contributed by atoms with Crippen molar-refractivity contribution in [3.63, 3.8) is 0 Å². The molecule has 2 heterocycles. The molecule has 2 aromatic heterocycles. The molecule has 0 unspecified atom stereocenters. The number of nitrogens with one attached hydrogen (secondary N) is 1. The van der Waals surface area contributed by atoms with E-state index in [9.17, 15) is 9.59 Å². The highest BCUT2D eigenvalue weighted by molar-refractivity contribution is 6.12. The molecule has 6 nitrogen and oxygen atoms in total. The van der Waals surface area contributed by atoms with Crippen molar-refractivity contribution >= 4 is 22.4 Å². The van der Waals surface area contributed by atoms with E-state index in [0.29, 0.717) is 33.5 Å². The van der Waals surface area contributed by atoms with Crippen LogP contribution in [0.15, 0.2) is 84.0 Å². The van der Waals surface area contributed by atoms with Gasteiger partial charge in [-0.1, -0.05) is 18.2 Å². The summed E-state index contributed by atoms with van der Waals surface area (Å²) in [6, 6.07) is 17.7. The van der Waals surface area contributed by atoms with Crippen molar-refractivity contribution in [1.82, 2.24) is 9.55 Å². The van der Waals surface area contributed by atoms with Crippen LogP contribution in [-0.2, 0) is 0 Å². The lowest BCUT2D eigenvalue weighted by Crippen LogP contribution is -2.22. The van der Waals surface area contributed by atoms with Crippen LogP contribution in [0.3, 0.4) is 0 Å². The van der Waals surface area contributed by atoms with Gasteiger partial charge in [0.15, 0.2) is 0 Å². The first-order chi connectivity index (χ1) is 13.7. The Labute approximate surface area is 161 Å². The van der Waals surface area contributed by atoms with Crippen molar-refractivity contribution in [1.29, 1.82) is 0 Å². The van der Waals surface area contributed by atoms with Gasteiger partial charge in [0.1, 0.15) is 5.75 Å². The fourth-order valence-corrected chi connectivity index (χ4v) is 3.04. The zero-order valence-corrected chi connectivity index (χ0v) is 15.1. The van der Waals surface area contributed by atoms with E-state index < -0.39 is 0 Å². The number of anilines is 1. The zero-order valence-electron chi connectivity index (χ0n) is 15.1. The van der Waals surface area contributed by atoms with Crippen molar-refractivity contribution in [2.45, 2.75) is 0 Å². The van der Waals surface area contributed by atoms with Crippen LogP contribution in [0.5, 0.6) is 5.75 Å². The van der Waals surface area contributed by atoms with E-state index in [1.807, 2.05) is 0 Å². The molecule has 0 atom stereocenters. The van der Waals surface area contributed by atoms with Gasteiger partial charge in [-0.3, -0.25) is 19.1 Å². The van der Waals surface area contributed by atoms with E-state index >= 15 is 0 Å². The minimum Gasteiger partial charge on any atom is -0.497 e. The Kier molecular flexibility index (Phi) is 4.60. The lowest BCUT2D eigenvalue weighted by molar-refractivity contribution is 0.102. The highest BCUT2D eigenvalue weighted by Gasteiger charge is 2.16. The number of amides is 1. The fraction of sp³-hybridized carbons (Fsp3) is 0.0455. The standard InChI is InChI=1S/C22H17N3O3/c1-28-17-10-8-16(9-11-17)25-14-20(18-6-2-3-7-19(18)22(25)27)21(26)24-15-5-4-12-23-13-15/h2-14H,1H3,(H,24,26). The lowest BCUT2D eigenvalue weighted by atomic mass is 10.1. The van der Waals surface area contributed by atoms with Crippen LogP contribution in [0.1, 0.15) is 10.4 Å². The van der Waals surface area contributed by atoms with Gasteiger partial charge in [0.2, 0.25) is 0 Å². The molecule has 0 spiro atoms. The average molecular weight is 371 g/mol. The Morgan fingerprint density at radius 1 is 1.00 bits per heavy atom. The van der Waals surface area contributed by atoms with Gasteiger partial charge in [-0.2, -0.15) is 0 Å². The molecule has 6 heteroatoms. The highest BCUT2D eigenvalue weighted by atomic mass is 16.5. The molecule has 0 aliphatic heterocycles. The SMILES string of the molecule is COc1ccc(-n2cc(C(=O)Nc3cccnc3)c3ccccc3c2=O)cc1. The minimum absolute atomic E-state index is 0.196. The van der Waals surface area contributed by atoms with E-state index in [4.69, 9.17) is 4.74 Å². The summed E-state index contributed by atoms with van der Waals surface area (Å²) in [5, 5.41) is 3.90. The second kappa shape index (κ2) is 7.36. The molecule has 0 aliphatic carbocycles. The molecule has 0 aliphatic rings. The fourth-order valence-electron chi connectivity index (χ4n) is 3.04. The Bertz CT molecular complexity index is 1200. The van der Waals surface area contributed by atoms with Crippen LogP contribution in [0.25, 0.3) is 16.5 Å². The molecule has 0 radical (unpaired) electrons. The van der Waals surface area contributed by atoms with Gasteiger partial charge in [0.25, 0.3) is 11.5 Å². The van der Waals surface area contributed by atoms with E-state index in [1.165, 1.54) is 4.57 Å². The third-order valence-corrected chi connectivity index (χ3v) is 4.44. The maximum Gasteiger partial charge on any atom is 0.262 e. The highest BCUT2D eigenvalue weighted by Crippen LogP contribution is 2.20. The largest absolute Gasteiger partial charge is 0.497 e. The predicted molar refractivity (Wildman–Crippen MR) is 108 cm³/mol. The normalized spacial score (nSPS) is 10.6. The van der Waals surface area contributed by atoms with Gasteiger partial charge in [-0.05, 0) is 42.5 Å². The average Bonchev–Trinajstić information content (AvgIpc) is 2.75. The number of aromatic nitrogens is 2.